The van der Waals surface area contributed by atoms with Crippen molar-refractivity contribution in [3.8, 4) is 0 Å². The molecule has 0 aromatic rings. The first-order valence-corrected chi connectivity index (χ1v) is 5.19. The van der Waals surface area contributed by atoms with Crippen LogP contribution in [0.5, 0.6) is 0 Å². The van der Waals surface area contributed by atoms with Crippen molar-refractivity contribution < 1.29 is 0 Å². The molecule has 0 saturated heterocycles. The lowest BCUT2D eigenvalue weighted by atomic mass is 9.83. The molecular formula is C11H21Cl. The molecule has 0 heterocycles. The molecule has 0 aliphatic rings. The lowest BCUT2D eigenvalue weighted by molar-refractivity contribution is 0.299. The van der Waals surface area contributed by atoms with Crippen molar-refractivity contribution in [2.24, 2.45) is 5.41 Å². The molecule has 0 bridgehead atoms. The molecule has 0 N–H and O–H groups in total. The van der Waals surface area contributed by atoms with Gasteiger partial charge in [-0.25, -0.2) is 0 Å². The number of hydrogen-bond donors (Lipinski definition) is 0. The third-order valence-electron chi connectivity index (χ3n) is 2.28. The van der Waals surface area contributed by atoms with Gasteiger partial charge in [0, 0.05) is 5.03 Å². The van der Waals surface area contributed by atoms with Crippen LogP contribution in [0.3, 0.4) is 0 Å². The summed E-state index contributed by atoms with van der Waals surface area (Å²) < 4.78 is 0. The highest BCUT2D eigenvalue weighted by atomic mass is 35.5. The Kier molecular flexibility index (Phi) is 5.65. The van der Waals surface area contributed by atoms with Crippen LogP contribution in [-0.2, 0) is 0 Å². The molecule has 0 saturated carbocycles. The van der Waals surface area contributed by atoms with Crippen molar-refractivity contribution in [2.45, 2.75) is 52.9 Å². The van der Waals surface area contributed by atoms with Crippen molar-refractivity contribution in [3.05, 3.63) is 11.6 Å². The first kappa shape index (κ1) is 12.0. The third kappa shape index (κ3) is 6.72. The molecule has 0 fully saturated rings. The quantitative estimate of drug-likeness (QED) is 0.565. The SMILES string of the molecule is C=C(Cl)CCC(C)(C)CCCC. The van der Waals surface area contributed by atoms with E-state index in [4.69, 9.17) is 11.6 Å². The van der Waals surface area contributed by atoms with Gasteiger partial charge in [0.2, 0.25) is 0 Å². The molecule has 0 unspecified atom stereocenters. The van der Waals surface area contributed by atoms with Crippen LogP contribution in [-0.4, -0.2) is 0 Å². The Labute approximate surface area is 82.0 Å². The van der Waals surface area contributed by atoms with E-state index < -0.39 is 0 Å². The molecule has 0 radical (unpaired) electrons. The van der Waals surface area contributed by atoms with E-state index in [1.165, 1.54) is 19.3 Å². The summed E-state index contributed by atoms with van der Waals surface area (Å²) in [7, 11) is 0. The minimum Gasteiger partial charge on any atom is -0.0898 e. The van der Waals surface area contributed by atoms with E-state index in [1.807, 2.05) is 0 Å². The average Bonchev–Trinajstić information content (AvgIpc) is 1.98. The fourth-order valence-electron chi connectivity index (χ4n) is 1.25. The van der Waals surface area contributed by atoms with Crippen molar-refractivity contribution >= 4 is 11.6 Å². The summed E-state index contributed by atoms with van der Waals surface area (Å²) in [6.45, 7) is 10.6. The van der Waals surface area contributed by atoms with E-state index in [-0.39, 0.29) is 0 Å². The second kappa shape index (κ2) is 5.64. The summed E-state index contributed by atoms with van der Waals surface area (Å²) >= 11 is 5.72. The molecule has 0 rings (SSSR count). The van der Waals surface area contributed by atoms with Crippen LogP contribution in [0.2, 0.25) is 0 Å². The minimum atomic E-state index is 0.438. The number of allylic oxidation sites excluding steroid dienone is 1. The normalized spacial score (nSPS) is 11.7. The molecule has 0 aliphatic heterocycles. The summed E-state index contributed by atoms with van der Waals surface area (Å²) in [5.74, 6) is 0. The third-order valence-corrected chi connectivity index (χ3v) is 2.47. The van der Waals surface area contributed by atoms with E-state index in [0.29, 0.717) is 5.41 Å². The van der Waals surface area contributed by atoms with Crippen LogP contribution in [0, 0.1) is 5.41 Å². The van der Waals surface area contributed by atoms with E-state index in [1.54, 1.807) is 0 Å². The Morgan fingerprint density at radius 3 is 2.33 bits per heavy atom. The molecule has 0 aromatic heterocycles. The lowest BCUT2D eigenvalue weighted by Crippen LogP contribution is -2.10. The van der Waals surface area contributed by atoms with Gasteiger partial charge in [-0.1, -0.05) is 51.8 Å². The summed E-state index contributed by atoms with van der Waals surface area (Å²) in [4.78, 5) is 0. The Bertz CT molecular complexity index is 136. The van der Waals surface area contributed by atoms with Gasteiger partial charge in [0.25, 0.3) is 0 Å². The van der Waals surface area contributed by atoms with Gasteiger partial charge in [-0.3, -0.25) is 0 Å². The maximum atomic E-state index is 5.72. The van der Waals surface area contributed by atoms with E-state index in [9.17, 15) is 0 Å². The second-order valence-corrected chi connectivity index (χ2v) is 4.82. The summed E-state index contributed by atoms with van der Waals surface area (Å²) in [6.07, 6.45) is 6.02. The van der Waals surface area contributed by atoms with Gasteiger partial charge in [-0.05, 0) is 24.7 Å². The van der Waals surface area contributed by atoms with Crippen LogP contribution in [0.15, 0.2) is 11.6 Å². The first-order valence-electron chi connectivity index (χ1n) is 4.81. The van der Waals surface area contributed by atoms with Gasteiger partial charge >= 0.3 is 0 Å². The zero-order chi connectivity index (χ0) is 9.61. The second-order valence-electron chi connectivity index (χ2n) is 4.29. The molecule has 0 atom stereocenters. The molecule has 0 amide bonds. The average molecular weight is 189 g/mol. The molecule has 72 valence electrons. The molecule has 0 nitrogen and oxygen atoms in total. The van der Waals surface area contributed by atoms with Crippen LogP contribution in [0.4, 0.5) is 0 Å². The molecule has 0 aliphatic carbocycles. The topological polar surface area (TPSA) is 0 Å². The Hall–Kier alpha value is 0.0300. The monoisotopic (exact) mass is 188 g/mol. The highest BCUT2D eigenvalue weighted by Gasteiger charge is 2.16. The summed E-state index contributed by atoms with van der Waals surface area (Å²) in [5, 5.41) is 0.791. The maximum Gasteiger partial charge on any atom is 0.0109 e. The van der Waals surface area contributed by atoms with E-state index >= 15 is 0 Å². The zero-order valence-electron chi connectivity index (χ0n) is 8.62. The van der Waals surface area contributed by atoms with Crippen LogP contribution >= 0.6 is 11.6 Å². The first-order chi connectivity index (χ1) is 5.48. The van der Waals surface area contributed by atoms with Gasteiger partial charge in [0.1, 0.15) is 0 Å². The van der Waals surface area contributed by atoms with Crippen LogP contribution in [0.1, 0.15) is 52.9 Å². The van der Waals surface area contributed by atoms with Crippen molar-refractivity contribution in [1.29, 1.82) is 0 Å². The molecule has 1 heteroatoms. The Balaban J connectivity index is 3.63. The minimum absolute atomic E-state index is 0.438. The smallest absolute Gasteiger partial charge is 0.0109 e. The molecule has 12 heavy (non-hydrogen) atoms. The lowest BCUT2D eigenvalue weighted by Gasteiger charge is -2.23. The van der Waals surface area contributed by atoms with Gasteiger partial charge in [0.05, 0.1) is 0 Å². The highest BCUT2D eigenvalue weighted by Crippen LogP contribution is 2.30. The zero-order valence-corrected chi connectivity index (χ0v) is 9.38. The molecule has 0 spiro atoms. The number of hydrogen-bond acceptors (Lipinski definition) is 0. The van der Waals surface area contributed by atoms with E-state index in [0.717, 1.165) is 17.9 Å². The summed E-state index contributed by atoms with van der Waals surface area (Å²) in [5.41, 5.74) is 0.438. The number of unbranched alkanes of at least 4 members (excludes halogenated alkanes) is 1. The van der Waals surface area contributed by atoms with Crippen molar-refractivity contribution in [1.82, 2.24) is 0 Å². The Morgan fingerprint density at radius 2 is 1.92 bits per heavy atom. The Morgan fingerprint density at radius 1 is 1.33 bits per heavy atom. The predicted octanol–water partition coefficient (Wildman–Crippen LogP) is 4.74. The van der Waals surface area contributed by atoms with Crippen LogP contribution < -0.4 is 0 Å². The molecule has 0 aromatic carbocycles. The number of rotatable bonds is 6. The fraction of sp³-hybridized carbons (Fsp3) is 0.818. The van der Waals surface area contributed by atoms with Crippen molar-refractivity contribution in [3.63, 3.8) is 0 Å². The van der Waals surface area contributed by atoms with Gasteiger partial charge in [-0.2, -0.15) is 0 Å². The van der Waals surface area contributed by atoms with E-state index in [2.05, 4.69) is 27.4 Å². The highest BCUT2D eigenvalue weighted by molar-refractivity contribution is 6.29. The van der Waals surface area contributed by atoms with Gasteiger partial charge in [-0.15, -0.1) is 0 Å². The molecular weight excluding hydrogens is 168 g/mol. The maximum absolute atomic E-state index is 5.72. The van der Waals surface area contributed by atoms with Crippen LogP contribution in [0.25, 0.3) is 0 Å². The fourth-order valence-corrected chi connectivity index (χ4v) is 1.35. The standard InChI is InChI=1S/C11H21Cl/c1-5-6-8-11(3,4)9-7-10(2)12/h2,5-9H2,1,3-4H3. The van der Waals surface area contributed by atoms with Gasteiger partial charge in [0.15, 0.2) is 0 Å². The largest absolute Gasteiger partial charge is 0.0898 e. The summed E-state index contributed by atoms with van der Waals surface area (Å²) in [6, 6.07) is 0. The van der Waals surface area contributed by atoms with Crippen molar-refractivity contribution in [2.75, 3.05) is 0 Å². The van der Waals surface area contributed by atoms with Gasteiger partial charge < -0.3 is 0 Å². The number of halogens is 1. The predicted molar refractivity (Wildman–Crippen MR) is 57.5 cm³/mol.